The number of thioether (sulfide) groups is 1. The summed E-state index contributed by atoms with van der Waals surface area (Å²) in [6, 6.07) is 19.5. The number of amides is 2. The maximum Gasteiger partial charge on any atom is 0.293 e. The molecule has 1 aliphatic heterocycles. The predicted molar refractivity (Wildman–Crippen MR) is 145 cm³/mol. The summed E-state index contributed by atoms with van der Waals surface area (Å²) in [5, 5.41) is -0.311. The Hall–Kier alpha value is -3.29. The SMILES string of the molecule is CC(C)(C)c1ccc(OCCOc2cccc(/C=C3\SC(=O)N(Cc4c(F)cccc4Cl)C3=O)c2)cc1. The fourth-order valence-electron chi connectivity index (χ4n) is 3.69. The summed E-state index contributed by atoms with van der Waals surface area (Å²) in [5.41, 5.74) is 2.13. The Morgan fingerprint density at radius 1 is 0.946 bits per heavy atom. The first kappa shape index (κ1) is 26.8. The van der Waals surface area contributed by atoms with Crippen LogP contribution in [-0.2, 0) is 16.8 Å². The number of rotatable bonds is 8. The van der Waals surface area contributed by atoms with Crippen molar-refractivity contribution in [1.82, 2.24) is 4.90 Å². The first-order valence-electron chi connectivity index (χ1n) is 11.8. The molecule has 0 radical (unpaired) electrons. The lowest BCUT2D eigenvalue weighted by atomic mass is 9.87. The van der Waals surface area contributed by atoms with Crippen LogP contribution in [0.1, 0.15) is 37.5 Å². The molecule has 1 aliphatic rings. The van der Waals surface area contributed by atoms with Crippen molar-refractivity contribution in [2.45, 2.75) is 32.7 Å². The summed E-state index contributed by atoms with van der Waals surface area (Å²) in [4.78, 5) is 26.6. The molecule has 192 valence electrons. The molecule has 1 heterocycles. The molecule has 1 saturated heterocycles. The van der Waals surface area contributed by atoms with Gasteiger partial charge in [0, 0.05) is 10.6 Å². The van der Waals surface area contributed by atoms with E-state index in [9.17, 15) is 14.0 Å². The zero-order chi connectivity index (χ0) is 26.6. The number of ether oxygens (including phenoxy) is 2. The van der Waals surface area contributed by atoms with Crippen LogP contribution in [0.15, 0.2) is 71.6 Å². The number of nitrogens with zero attached hydrogens (tertiary/aromatic N) is 1. The molecule has 0 aromatic heterocycles. The third-order valence-corrected chi connectivity index (χ3v) is 7.01. The summed E-state index contributed by atoms with van der Waals surface area (Å²) in [7, 11) is 0. The molecule has 1 fully saturated rings. The van der Waals surface area contributed by atoms with Crippen molar-refractivity contribution in [1.29, 1.82) is 0 Å². The van der Waals surface area contributed by atoms with Crippen molar-refractivity contribution in [2.75, 3.05) is 13.2 Å². The van der Waals surface area contributed by atoms with Gasteiger partial charge in [-0.15, -0.1) is 0 Å². The van der Waals surface area contributed by atoms with Gasteiger partial charge in [0.25, 0.3) is 11.1 Å². The smallest absolute Gasteiger partial charge is 0.293 e. The fraction of sp³-hybridized carbons (Fsp3) is 0.241. The van der Waals surface area contributed by atoms with E-state index >= 15 is 0 Å². The largest absolute Gasteiger partial charge is 0.490 e. The molecular weight excluding hydrogens is 513 g/mol. The summed E-state index contributed by atoms with van der Waals surface area (Å²) in [6.07, 6.45) is 1.62. The van der Waals surface area contributed by atoms with Gasteiger partial charge in [-0.3, -0.25) is 14.5 Å². The number of carbonyl (C=O) groups is 2. The molecule has 37 heavy (non-hydrogen) atoms. The molecule has 8 heteroatoms. The van der Waals surface area contributed by atoms with Crippen LogP contribution in [0.3, 0.4) is 0 Å². The second-order valence-electron chi connectivity index (χ2n) is 9.51. The third-order valence-electron chi connectivity index (χ3n) is 5.75. The average Bonchev–Trinajstić information content (AvgIpc) is 3.11. The molecule has 0 atom stereocenters. The molecule has 2 amide bonds. The highest BCUT2D eigenvalue weighted by molar-refractivity contribution is 8.18. The van der Waals surface area contributed by atoms with Crippen molar-refractivity contribution >= 4 is 40.6 Å². The number of hydrogen-bond donors (Lipinski definition) is 0. The van der Waals surface area contributed by atoms with Gasteiger partial charge in [0.2, 0.25) is 0 Å². The molecular formula is C29H27ClFNO4S. The van der Waals surface area contributed by atoms with Crippen LogP contribution in [-0.4, -0.2) is 29.3 Å². The minimum Gasteiger partial charge on any atom is -0.490 e. The number of benzene rings is 3. The quantitative estimate of drug-likeness (QED) is 0.219. The second-order valence-corrected chi connectivity index (χ2v) is 10.9. The predicted octanol–water partition coefficient (Wildman–Crippen LogP) is 7.47. The van der Waals surface area contributed by atoms with Gasteiger partial charge >= 0.3 is 0 Å². The first-order valence-corrected chi connectivity index (χ1v) is 13.0. The standard InChI is InChI=1S/C29H27ClFNO4S/c1-29(2,3)20-10-12-21(13-11-20)35-14-15-36-22-7-4-6-19(16-22)17-26-27(33)32(28(34)37-26)18-23-24(30)8-5-9-25(23)31/h4-13,16-17H,14-15,18H2,1-3H3/b26-17-. The van der Waals surface area contributed by atoms with Gasteiger partial charge in [0.15, 0.2) is 0 Å². The number of imide groups is 1. The number of halogens is 2. The summed E-state index contributed by atoms with van der Waals surface area (Å²) in [6.45, 7) is 6.98. The van der Waals surface area contributed by atoms with Crippen molar-refractivity contribution in [3.05, 3.63) is 99.2 Å². The van der Waals surface area contributed by atoms with Crippen LogP contribution in [0.25, 0.3) is 6.08 Å². The molecule has 0 spiro atoms. The van der Waals surface area contributed by atoms with Crippen molar-refractivity contribution in [3.8, 4) is 11.5 Å². The first-order chi connectivity index (χ1) is 17.6. The van der Waals surface area contributed by atoms with Crippen LogP contribution in [0.4, 0.5) is 9.18 Å². The van der Waals surface area contributed by atoms with Crippen LogP contribution in [0.5, 0.6) is 11.5 Å². The average molecular weight is 540 g/mol. The molecule has 0 saturated carbocycles. The van der Waals surface area contributed by atoms with Crippen LogP contribution in [0, 0.1) is 5.82 Å². The topological polar surface area (TPSA) is 55.8 Å². The maximum absolute atomic E-state index is 14.2. The second kappa shape index (κ2) is 11.4. The van der Waals surface area contributed by atoms with Crippen LogP contribution >= 0.6 is 23.4 Å². The lowest BCUT2D eigenvalue weighted by molar-refractivity contribution is -0.123. The van der Waals surface area contributed by atoms with Gasteiger partial charge in [-0.1, -0.05) is 62.7 Å². The van der Waals surface area contributed by atoms with Crippen LogP contribution < -0.4 is 9.47 Å². The highest BCUT2D eigenvalue weighted by atomic mass is 35.5. The number of carbonyl (C=O) groups excluding carboxylic acids is 2. The zero-order valence-electron chi connectivity index (χ0n) is 20.8. The van der Waals surface area contributed by atoms with Crippen molar-refractivity contribution < 1.29 is 23.5 Å². The Kier molecular flexibility index (Phi) is 8.25. The Bertz CT molecular complexity index is 1310. The Labute approximate surface area is 225 Å². The molecule has 3 aromatic carbocycles. The summed E-state index contributed by atoms with van der Waals surface area (Å²) < 4.78 is 25.7. The lowest BCUT2D eigenvalue weighted by Gasteiger charge is -2.19. The van der Waals surface area contributed by atoms with Gasteiger partial charge in [0.1, 0.15) is 30.5 Å². The van der Waals surface area contributed by atoms with Gasteiger partial charge < -0.3 is 9.47 Å². The van der Waals surface area contributed by atoms with E-state index in [-0.39, 0.29) is 27.5 Å². The monoisotopic (exact) mass is 539 g/mol. The van der Waals surface area contributed by atoms with E-state index in [0.29, 0.717) is 24.5 Å². The molecule has 4 rings (SSSR count). The summed E-state index contributed by atoms with van der Waals surface area (Å²) >= 11 is 6.87. The Morgan fingerprint density at radius 3 is 2.30 bits per heavy atom. The molecule has 0 N–H and O–H groups in total. The van der Waals surface area contributed by atoms with Gasteiger partial charge in [-0.25, -0.2) is 4.39 Å². The lowest BCUT2D eigenvalue weighted by Crippen LogP contribution is -2.28. The minimum atomic E-state index is -0.564. The highest BCUT2D eigenvalue weighted by Crippen LogP contribution is 2.35. The minimum absolute atomic E-state index is 0.0860. The van der Waals surface area contributed by atoms with Gasteiger partial charge in [0.05, 0.1) is 11.4 Å². The van der Waals surface area contributed by atoms with E-state index < -0.39 is 17.0 Å². The van der Waals surface area contributed by atoms with E-state index in [1.165, 1.54) is 23.8 Å². The van der Waals surface area contributed by atoms with Gasteiger partial charge in [-0.2, -0.15) is 0 Å². The number of hydrogen-bond acceptors (Lipinski definition) is 5. The third kappa shape index (κ3) is 6.73. The normalized spacial score (nSPS) is 14.9. The van der Waals surface area contributed by atoms with Crippen LogP contribution in [0.2, 0.25) is 5.02 Å². The van der Waals surface area contributed by atoms with Gasteiger partial charge in [-0.05, 0) is 70.8 Å². The fourth-order valence-corrected chi connectivity index (χ4v) is 4.75. The van der Waals surface area contributed by atoms with E-state index in [1.807, 2.05) is 18.2 Å². The van der Waals surface area contributed by atoms with E-state index in [1.54, 1.807) is 24.3 Å². The highest BCUT2D eigenvalue weighted by Gasteiger charge is 2.35. The van der Waals surface area contributed by atoms with E-state index in [2.05, 4.69) is 32.9 Å². The zero-order valence-corrected chi connectivity index (χ0v) is 22.4. The van der Waals surface area contributed by atoms with Crippen molar-refractivity contribution in [3.63, 3.8) is 0 Å². The Morgan fingerprint density at radius 2 is 1.62 bits per heavy atom. The molecule has 3 aromatic rings. The maximum atomic E-state index is 14.2. The summed E-state index contributed by atoms with van der Waals surface area (Å²) in [5.74, 6) is 0.327. The van der Waals surface area contributed by atoms with E-state index in [4.69, 9.17) is 21.1 Å². The molecule has 0 aliphatic carbocycles. The molecule has 5 nitrogen and oxygen atoms in total. The van der Waals surface area contributed by atoms with Crippen molar-refractivity contribution in [2.24, 2.45) is 0 Å². The Balaban J connectivity index is 1.34. The molecule has 0 bridgehead atoms. The molecule has 0 unspecified atom stereocenters. The van der Waals surface area contributed by atoms with E-state index in [0.717, 1.165) is 22.4 Å².